The molecule has 0 heterocycles. The highest BCUT2D eigenvalue weighted by atomic mass is 31.2. The molecule has 0 amide bonds. The zero-order valence-electron chi connectivity index (χ0n) is 17.8. The summed E-state index contributed by atoms with van der Waals surface area (Å²) in [6.45, 7) is 6.60. The van der Waals surface area contributed by atoms with E-state index in [2.05, 4.69) is 99.6 Å². The molecule has 4 aromatic rings. The SMILES string of the molecule is Cc1ccccc1[P+](Cc1cccc([18F])c1)(c1ccccc1C)c1ccccc1C. The Labute approximate surface area is 179 Å². The Morgan fingerprint density at radius 1 is 0.567 bits per heavy atom. The van der Waals surface area contributed by atoms with E-state index in [1.807, 2.05) is 6.07 Å². The first kappa shape index (κ1) is 20.5. The summed E-state index contributed by atoms with van der Waals surface area (Å²) in [5, 5.41) is 4.12. The van der Waals surface area contributed by atoms with Crippen LogP contribution in [0.25, 0.3) is 0 Å². The van der Waals surface area contributed by atoms with Gasteiger partial charge in [0.05, 0.1) is 6.16 Å². The highest BCUT2D eigenvalue weighted by Crippen LogP contribution is 2.60. The standard InChI is InChI=1S/C28H27FP/c1-21-11-4-7-16-26(21)30(27-17-8-5-12-22(27)2,28-18-9-6-13-23(28)3)20-24-14-10-15-25(29)19-24/h4-19H,20H2,1-3H3/q+1/i29-1. The smallest absolute Gasteiger partial charge is 0.123 e. The third-order valence-corrected chi connectivity index (χ3v) is 10.7. The van der Waals surface area contributed by atoms with Crippen molar-refractivity contribution in [1.29, 1.82) is 0 Å². The molecule has 0 aromatic heterocycles. The van der Waals surface area contributed by atoms with Crippen LogP contribution in [0.5, 0.6) is 0 Å². The molecule has 0 saturated heterocycles. The van der Waals surface area contributed by atoms with Crippen LogP contribution in [-0.4, -0.2) is 0 Å². The van der Waals surface area contributed by atoms with E-state index in [9.17, 15) is 4.39 Å². The first-order valence-electron chi connectivity index (χ1n) is 10.3. The number of rotatable bonds is 5. The van der Waals surface area contributed by atoms with Crippen LogP contribution >= 0.6 is 7.26 Å². The van der Waals surface area contributed by atoms with Gasteiger partial charge in [0.25, 0.3) is 0 Å². The van der Waals surface area contributed by atoms with E-state index in [1.165, 1.54) is 38.7 Å². The molecule has 0 aliphatic rings. The first-order valence-corrected chi connectivity index (χ1v) is 12.3. The molecular formula is C28H27FP+. The summed E-state index contributed by atoms with van der Waals surface area (Å²) in [5.41, 5.74) is 4.90. The van der Waals surface area contributed by atoms with Crippen molar-refractivity contribution in [2.75, 3.05) is 0 Å². The molecule has 0 spiro atoms. The molecule has 0 fully saturated rings. The normalized spacial score (nSPS) is 11.5. The van der Waals surface area contributed by atoms with Crippen molar-refractivity contribution in [3.63, 3.8) is 0 Å². The molecule has 0 N–H and O–H groups in total. The molecule has 0 bridgehead atoms. The Morgan fingerprint density at radius 3 is 1.40 bits per heavy atom. The van der Waals surface area contributed by atoms with E-state index >= 15 is 0 Å². The first-order chi connectivity index (χ1) is 14.5. The maximum Gasteiger partial charge on any atom is 0.123 e. The summed E-state index contributed by atoms with van der Waals surface area (Å²) >= 11 is 0. The fourth-order valence-corrected chi connectivity index (χ4v) is 9.61. The molecule has 30 heavy (non-hydrogen) atoms. The van der Waals surface area contributed by atoms with Gasteiger partial charge in [-0.2, -0.15) is 0 Å². The van der Waals surface area contributed by atoms with Gasteiger partial charge in [-0.25, -0.2) is 4.39 Å². The molecule has 0 nitrogen and oxygen atoms in total. The number of hydrogen-bond donors (Lipinski definition) is 0. The van der Waals surface area contributed by atoms with Crippen LogP contribution in [-0.2, 0) is 6.16 Å². The molecule has 4 aromatic carbocycles. The fourth-order valence-electron chi connectivity index (χ4n) is 4.53. The van der Waals surface area contributed by atoms with Crippen LogP contribution in [0.4, 0.5) is 4.39 Å². The van der Waals surface area contributed by atoms with Crippen LogP contribution in [0.2, 0.25) is 0 Å². The Morgan fingerprint density at radius 2 is 1.00 bits per heavy atom. The van der Waals surface area contributed by atoms with Crippen molar-refractivity contribution in [2.45, 2.75) is 26.9 Å². The van der Waals surface area contributed by atoms with Gasteiger partial charge in [-0.15, -0.1) is 0 Å². The number of benzene rings is 4. The third kappa shape index (κ3) is 3.71. The average molecular weight is 412 g/mol. The van der Waals surface area contributed by atoms with Gasteiger partial charge in [0, 0.05) is 0 Å². The van der Waals surface area contributed by atoms with E-state index in [1.54, 1.807) is 6.07 Å². The molecular weight excluding hydrogens is 385 g/mol. The molecule has 0 radical (unpaired) electrons. The van der Waals surface area contributed by atoms with Crippen molar-refractivity contribution in [3.8, 4) is 0 Å². The lowest BCUT2D eigenvalue weighted by Crippen LogP contribution is -2.36. The lowest BCUT2D eigenvalue weighted by Gasteiger charge is -2.31. The van der Waals surface area contributed by atoms with Crippen molar-refractivity contribution in [1.82, 2.24) is 0 Å². The Kier molecular flexibility index (Phi) is 5.84. The zero-order chi connectivity index (χ0) is 21.1. The predicted molar refractivity (Wildman–Crippen MR) is 129 cm³/mol. The summed E-state index contributed by atoms with van der Waals surface area (Å²) < 4.78 is 14.2. The van der Waals surface area contributed by atoms with Crippen molar-refractivity contribution in [3.05, 3.63) is 125 Å². The van der Waals surface area contributed by atoms with E-state index in [0.29, 0.717) is 0 Å². The maximum absolute atomic E-state index is 14.2. The largest absolute Gasteiger partial charge is 0.207 e. The Balaban J connectivity index is 2.12. The third-order valence-electron chi connectivity index (χ3n) is 5.89. The second kappa shape index (κ2) is 8.54. The van der Waals surface area contributed by atoms with Gasteiger partial charge in [0.2, 0.25) is 0 Å². The van der Waals surface area contributed by atoms with E-state index in [0.717, 1.165) is 11.7 Å². The summed E-state index contributed by atoms with van der Waals surface area (Å²) in [7, 11) is -2.07. The molecule has 2 heteroatoms. The zero-order valence-corrected chi connectivity index (χ0v) is 18.7. The van der Waals surface area contributed by atoms with Gasteiger partial charge in [0.1, 0.15) is 29.0 Å². The second-order valence-corrected chi connectivity index (χ2v) is 11.3. The van der Waals surface area contributed by atoms with Gasteiger partial charge in [0.15, 0.2) is 0 Å². The van der Waals surface area contributed by atoms with Crippen molar-refractivity contribution >= 4 is 23.2 Å². The van der Waals surface area contributed by atoms with Gasteiger partial charge in [-0.1, -0.05) is 66.7 Å². The van der Waals surface area contributed by atoms with Crippen LogP contribution in [0, 0.1) is 26.6 Å². The molecule has 0 aliphatic carbocycles. The van der Waals surface area contributed by atoms with Crippen molar-refractivity contribution in [2.24, 2.45) is 0 Å². The average Bonchev–Trinajstić information content (AvgIpc) is 2.74. The second-order valence-electron chi connectivity index (χ2n) is 7.96. The van der Waals surface area contributed by atoms with Gasteiger partial charge < -0.3 is 0 Å². The highest BCUT2D eigenvalue weighted by Gasteiger charge is 2.48. The van der Waals surface area contributed by atoms with Gasteiger partial charge in [-0.05, 0) is 73.4 Å². The van der Waals surface area contributed by atoms with Crippen LogP contribution < -0.4 is 15.9 Å². The van der Waals surface area contributed by atoms with Crippen molar-refractivity contribution < 1.29 is 4.39 Å². The summed E-state index contributed by atoms with van der Waals surface area (Å²) in [5.74, 6) is -0.176. The minimum absolute atomic E-state index is 0.176. The minimum atomic E-state index is -2.07. The van der Waals surface area contributed by atoms with Gasteiger partial charge in [-0.3, -0.25) is 0 Å². The molecule has 0 saturated carbocycles. The molecule has 0 aliphatic heterocycles. The molecule has 0 atom stereocenters. The van der Waals surface area contributed by atoms with Gasteiger partial charge >= 0.3 is 0 Å². The molecule has 4 rings (SSSR count). The molecule has 0 unspecified atom stereocenters. The lowest BCUT2D eigenvalue weighted by atomic mass is 10.2. The Bertz CT molecular complexity index is 1070. The fraction of sp³-hybridized carbons (Fsp3) is 0.143. The number of halogens is 1. The predicted octanol–water partition coefficient (Wildman–Crippen LogP) is 6.25. The van der Waals surface area contributed by atoms with Crippen LogP contribution in [0.3, 0.4) is 0 Å². The molecule has 150 valence electrons. The summed E-state index contributed by atoms with van der Waals surface area (Å²) in [6.07, 6.45) is 0.797. The van der Waals surface area contributed by atoms with Crippen LogP contribution in [0.1, 0.15) is 22.3 Å². The minimum Gasteiger partial charge on any atom is -0.207 e. The quantitative estimate of drug-likeness (QED) is 0.340. The summed E-state index contributed by atoms with van der Waals surface area (Å²) in [4.78, 5) is 0. The number of hydrogen-bond acceptors (Lipinski definition) is 0. The van der Waals surface area contributed by atoms with E-state index in [4.69, 9.17) is 0 Å². The Hall–Kier alpha value is -2.76. The monoisotopic (exact) mass is 412 g/mol. The van der Waals surface area contributed by atoms with Crippen LogP contribution in [0.15, 0.2) is 97.1 Å². The van der Waals surface area contributed by atoms with E-state index in [-0.39, 0.29) is 5.82 Å². The van der Waals surface area contributed by atoms with E-state index < -0.39 is 7.26 Å². The maximum atomic E-state index is 14.2. The highest BCUT2D eigenvalue weighted by molar-refractivity contribution is 7.95. The topological polar surface area (TPSA) is 0 Å². The lowest BCUT2D eigenvalue weighted by molar-refractivity contribution is 0.626. The summed E-state index contributed by atoms with van der Waals surface area (Å²) in [6, 6.07) is 33.3. The number of aryl methyl sites for hydroxylation is 3.